The molecule has 4 aliphatic rings. The number of anilines is 1. The van der Waals surface area contributed by atoms with Gasteiger partial charge >= 0.3 is 0 Å². The number of H-pyrrole nitrogens is 1. The van der Waals surface area contributed by atoms with Crippen molar-refractivity contribution in [2.45, 2.75) is 57.4 Å². The topological polar surface area (TPSA) is 53.6 Å². The molecule has 4 fully saturated rings. The highest BCUT2D eigenvalue weighted by Crippen LogP contribution is 2.46. The van der Waals surface area contributed by atoms with Crippen LogP contribution < -0.4 is 5.32 Å². The van der Waals surface area contributed by atoms with Gasteiger partial charge in [-0.1, -0.05) is 31.2 Å². The van der Waals surface area contributed by atoms with E-state index < -0.39 is 11.6 Å². The minimum absolute atomic E-state index is 0.266. The summed E-state index contributed by atoms with van der Waals surface area (Å²) in [6, 6.07) is 13.3. The fourth-order valence-electron chi connectivity index (χ4n) is 6.64. The summed E-state index contributed by atoms with van der Waals surface area (Å²) < 4.78 is 28.6. The Morgan fingerprint density at radius 3 is 2.36 bits per heavy atom. The number of nitrogens with zero attached hydrogens (tertiary/aromatic N) is 2. The van der Waals surface area contributed by atoms with Gasteiger partial charge in [0.25, 0.3) is 0 Å². The van der Waals surface area contributed by atoms with E-state index in [0.29, 0.717) is 40.6 Å². The molecule has 2 atom stereocenters. The van der Waals surface area contributed by atoms with E-state index >= 15 is 0 Å². The zero-order chi connectivity index (χ0) is 24.4. The normalized spacial score (nSPS) is 25.4. The predicted molar refractivity (Wildman–Crippen MR) is 139 cm³/mol. The number of halogens is 2. The monoisotopic (exact) mass is 484 g/mol. The van der Waals surface area contributed by atoms with Crippen molar-refractivity contribution in [3.05, 3.63) is 65.9 Å². The fraction of sp³-hybridized carbons (Fsp3) is 0.400. The van der Waals surface area contributed by atoms with Crippen LogP contribution in [0.2, 0.25) is 0 Å². The van der Waals surface area contributed by atoms with E-state index in [0.717, 1.165) is 29.1 Å². The lowest BCUT2D eigenvalue weighted by molar-refractivity contribution is 0.0928. The molecule has 8 rings (SSSR count). The van der Waals surface area contributed by atoms with Gasteiger partial charge in [0.2, 0.25) is 0 Å². The van der Waals surface area contributed by atoms with Crippen molar-refractivity contribution >= 4 is 16.7 Å². The zero-order valence-corrected chi connectivity index (χ0v) is 20.4. The molecule has 0 saturated heterocycles. The average Bonchev–Trinajstić information content (AvgIpc) is 3.65. The van der Waals surface area contributed by atoms with Gasteiger partial charge in [-0.15, -0.1) is 0 Å². The number of fused-ring (bicyclic) bond motifs is 4. The number of benzene rings is 2. The van der Waals surface area contributed by atoms with Crippen molar-refractivity contribution in [1.82, 2.24) is 15.0 Å². The number of aromatic amines is 1. The van der Waals surface area contributed by atoms with E-state index in [2.05, 4.69) is 41.5 Å². The molecule has 4 aliphatic carbocycles. The molecular weight excluding hydrogens is 454 g/mol. The van der Waals surface area contributed by atoms with Gasteiger partial charge in [-0.3, -0.25) is 0 Å². The Balaban J connectivity index is 1.32. The second kappa shape index (κ2) is 8.39. The summed E-state index contributed by atoms with van der Waals surface area (Å²) in [5, 5.41) is 4.22. The highest BCUT2D eigenvalue weighted by molar-refractivity contribution is 5.94. The van der Waals surface area contributed by atoms with E-state index in [9.17, 15) is 8.78 Å². The largest absolute Gasteiger partial charge is 0.367 e. The van der Waals surface area contributed by atoms with Crippen molar-refractivity contribution in [2.24, 2.45) is 17.8 Å². The minimum atomic E-state index is -0.617. The zero-order valence-electron chi connectivity index (χ0n) is 20.4. The summed E-state index contributed by atoms with van der Waals surface area (Å²) in [4.78, 5) is 12.7. The number of rotatable bonds is 5. The lowest BCUT2D eigenvalue weighted by Crippen LogP contribution is -2.47. The maximum atomic E-state index is 14.4. The summed E-state index contributed by atoms with van der Waals surface area (Å²) in [6.45, 7) is 2.36. The Morgan fingerprint density at radius 1 is 0.889 bits per heavy atom. The van der Waals surface area contributed by atoms with E-state index in [1.807, 2.05) is 6.07 Å². The lowest BCUT2D eigenvalue weighted by atomic mass is 9.62. The van der Waals surface area contributed by atoms with E-state index in [1.165, 1.54) is 50.2 Å². The Hall–Kier alpha value is -3.28. The number of hydrogen-bond donors (Lipinski definition) is 2. The number of aromatic nitrogens is 3. The fourth-order valence-corrected chi connectivity index (χ4v) is 6.64. The van der Waals surface area contributed by atoms with Gasteiger partial charge in [0.15, 0.2) is 5.82 Å². The SMILES string of the molecule is C[C@H]1C2CCC(CC2)[C@@H]1Nc1cc(-c2ccc(C3CC3)cc2)nc(-c2c[nH]c3c(F)cc(F)cc23)n1. The first-order valence-electron chi connectivity index (χ1n) is 13.3. The van der Waals surface area contributed by atoms with Crippen LogP contribution >= 0.6 is 0 Å². The Morgan fingerprint density at radius 2 is 1.64 bits per heavy atom. The summed E-state index contributed by atoms with van der Waals surface area (Å²) in [7, 11) is 0. The smallest absolute Gasteiger partial charge is 0.164 e. The highest BCUT2D eigenvalue weighted by Gasteiger charge is 2.41. The maximum Gasteiger partial charge on any atom is 0.164 e. The molecule has 36 heavy (non-hydrogen) atoms. The van der Waals surface area contributed by atoms with Crippen LogP contribution in [0, 0.1) is 29.4 Å². The molecule has 0 amide bonds. The molecule has 0 radical (unpaired) electrons. The first-order valence-corrected chi connectivity index (χ1v) is 13.3. The average molecular weight is 485 g/mol. The van der Waals surface area contributed by atoms with Crippen LogP contribution in [0.4, 0.5) is 14.6 Å². The molecule has 2 aromatic heterocycles. The highest BCUT2D eigenvalue weighted by atomic mass is 19.1. The van der Waals surface area contributed by atoms with Crippen molar-refractivity contribution in [2.75, 3.05) is 5.32 Å². The van der Waals surface area contributed by atoms with Crippen LogP contribution in [0.3, 0.4) is 0 Å². The van der Waals surface area contributed by atoms with Gasteiger partial charge < -0.3 is 10.3 Å². The molecule has 2 heterocycles. The van der Waals surface area contributed by atoms with Crippen molar-refractivity contribution in [1.29, 1.82) is 0 Å². The van der Waals surface area contributed by atoms with Crippen LogP contribution in [0.5, 0.6) is 0 Å². The molecule has 0 aliphatic heterocycles. The summed E-state index contributed by atoms with van der Waals surface area (Å²) in [5.74, 6) is 2.71. The van der Waals surface area contributed by atoms with Gasteiger partial charge in [0, 0.05) is 40.9 Å². The first-order chi connectivity index (χ1) is 17.5. The molecule has 2 N–H and O–H groups in total. The second-order valence-corrected chi connectivity index (χ2v) is 11.1. The standard InChI is InChI=1S/C30H30F2N4/c1-16-17-2-10-21(11-3-17)28(16)35-27-14-26(20-8-6-19(7-9-20)18-4-5-18)34-30(36-27)24-15-33-29-23(24)12-22(31)13-25(29)32/h6-9,12-18,21,28,33H,2-5,10-11H2,1H3,(H,34,35,36)/t16-,17?,21?,28+/m0/s1. The van der Waals surface area contributed by atoms with Crippen LogP contribution in [0.1, 0.15) is 56.9 Å². The van der Waals surface area contributed by atoms with Crippen molar-refractivity contribution in [3.8, 4) is 22.6 Å². The van der Waals surface area contributed by atoms with Crippen LogP contribution in [-0.2, 0) is 0 Å². The third kappa shape index (κ3) is 3.78. The summed E-state index contributed by atoms with van der Waals surface area (Å²) >= 11 is 0. The molecular formula is C30H30F2N4. The van der Waals surface area contributed by atoms with Crippen LogP contribution in [0.15, 0.2) is 48.7 Å². The summed E-state index contributed by atoms with van der Waals surface area (Å²) in [6.07, 6.45) is 9.38. The number of nitrogens with one attached hydrogen (secondary N) is 2. The molecule has 4 aromatic rings. The molecule has 0 unspecified atom stereocenters. The molecule has 4 nitrogen and oxygen atoms in total. The Kier molecular flexibility index (Phi) is 5.12. The van der Waals surface area contributed by atoms with Crippen molar-refractivity contribution in [3.63, 3.8) is 0 Å². The first kappa shape index (κ1) is 22.0. The third-order valence-electron chi connectivity index (χ3n) is 8.88. The molecule has 2 aromatic carbocycles. The molecule has 2 bridgehead atoms. The van der Waals surface area contributed by atoms with E-state index in [1.54, 1.807) is 6.20 Å². The number of hydrogen-bond acceptors (Lipinski definition) is 3. The van der Waals surface area contributed by atoms with Crippen LogP contribution in [0.25, 0.3) is 33.5 Å². The van der Waals surface area contributed by atoms with Gasteiger partial charge in [-0.05, 0) is 73.8 Å². The van der Waals surface area contributed by atoms with E-state index in [-0.39, 0.29) is 5.52 Å². The maximum absolute atomic E-state index is 14.4. The third-order valence-corrected chi connectivity index (χ3v) is 8.88. The molecule has 6 heteroatoms. The molecule has 184 valence electrons. The lowest BCUT2D eigenvalue weighted by Gasteiger charge is -2.47. The summed E-state index contributed by atoms with van der Waals surface area (Å²) in [5.41, 5.74) is 4.07. The minimum Gasteiger partial charge on any atom is -0.367 e. The second-order valence-electron chi connectivity index (χ2n) is 11.1. The quantitative estimate of drug-likeness (QED) is 0.305. The van der Waals surface area contributed by atoms with Gasteiger partial charge in [-0.2, -0.15) is 0 Å². The predicted octanol–water partition coefficient (Wildman–Crippen LogP) is 7.68. The Bertz CT molecular complexity index is 1430. The Labute approximate surface area is 209 Å². The van der Waals surface area contributed by atoms with Gasteiger partial charge in [0.1, 0.15) is 17.5 Å². The van der Waals surface area contributed by atoms with Gasteiger partial charge in [-0.25, -0.2) is 18.7 Å². The van der Waals surface area contributed by atoms with Crippen molar-refractivity contribution < 1.29 is 8.78 Å². The molecule has 4 saturated carbocycles. The van der Waals surface area contributed by atoms with Crippen LogP contribution in [-0.4, -0.2) is 21.0 Å². The van der Waals surface area contributed by atoms with E-state index in [4.69, 9.17) is 9.97 Å². The van der Waals surface area contributed by atoms with Gasteiger partial charge in [0.05, 0.1) is 11.2 Å². The molecule has 0 spiro atoms.